The van der Waals surface area contributed by atoms with Gasteiger partial charge in [0.25, 0.3) is 0 Å². The summed E-state index contributed by atoms with van der Waals surface area (Å²) >= 11 is 0. The number of furan rings is 1. The van der Waals surface area contributed by atoms with Gasteiger partial charge in [0.2, 0.25) is 0 Å². The van der Waals surface area contributed by atoms with Crippen LogP contribution in [0.15, 0.2) is 16.9 Å². The molecule has 15 heavy (non-hydrogen) atoms. The minimum atomic E-state index is 0.676. The zero-order valence-electron chi connectivity index (χ0n) is 9.92. The zero-order chi connectivity index (χ0) is 10.8. The molecule has 84 valence electrons. The van der Waals surface area contributed by atoms with Crippen molar-refractivity contribution in [1.29, 1.82) is 0 Å². The van der Waals surface area contributed by atoms with Gasteiger partial charge in [-0.1, -0.05) is 6.92 Å². The molecule has 0 amide bonds. The van der Waals surface area contributed by atoms with Crippen molar-refractivity contribution in [2.45, 2.75) is 45.1 Å². The van der Waals surface area contributed by atoms with E-state index in [2.05, 4.69) is 26.2 Å². The lowest BCUT2D eigenvalue weighted by Crippen LogP contribution is -2.33. The molecule has 0 bridgehead atoms. The molecule has 0 saturated heterocycles. The Kier molecular flexibility index (Phi) is 3.15. The molecule has 1 aliphatic rings. The van der Waals surface area contributed by atoms with E-state index in [0.717, 1.165) is 5.92 Å². The largest absolute Gasteiger partial charge is 0.472 e. The van der Waals surface area contributed by atoms with Gasteiger partial charge in [0.05, 0.1) is 12.5 Å². The molecule has 0 radical (unpaired) electrons. The van der Waals surface area contributed by atoms with Crippen LogP contribution in [-0.2, 0) is 0 Å². The van der Waals surface area contributed by atoms with Crippen LogP contribution in [0.5, 0.6) is 0 Å². The maximum Gasteiger partial charge on any atom is 0.0940 e. The molecule has 2 heteroatoms. The van der Waals surface area contributed by atoms with E-state index in [4.69, 9.17) is 4.42 Å². The molecule has 0 spiro atoms. The fraction of sp³-hybridized carbons (Fsp3) is 0.692. The lowest BCUT2D eigenvalue weighted by Gasteiger charge is -2.34. The molecule has 3 atom stereocenters. The van der Waals surface area contributed by atoms with E-state index in [0.29, 0.717) is 12.0 Å². The number of hydrogen-bond donors (Lipinski definition) is 1. The van der Waals surface area contributed by atoms with Gasteiger partial charge in [0.1, 0.15) is 0 Å². The molecule has 2 rings (SSSR count). The normalized spacial score (nSPS) is 31.8. The van der Waals surface area contributed by atoms with Gasteiger partial charge in [-0.25, -0.2) is 0 Å². The second-order valence-electron chi connectivity index (χ2n) is 4.89. The fourth-order valence-corrected chi connectivity index (χ4v) is 2.77. The second-order valence-corrected chi connectivity index (χ2v) is 4.89. The van der Waals surface area contributed by atoms with Crippen LogP contribution in [-0.4, -0.2) is 13.1 Å². The third-order valence-corrected chi connectivity index (χ3v) is 3.90. The Morgan fingerprint density at radius 2 is 2.13 bits per heavy atom. The number of hydrogen-bond acceptors (Lipinski definition) is 2. The molecule has 1 saturated carbocycles. The van der Waals surface area contributed by atoms with Crippen molar-refractivity contribution in [3.63, 3.8) is 0 Å². The molecule has 1 heterocycles. The van der Waals surface area contributed by atoms with Crippen LogP contribution in [0.1, 0.15) is 43.2 Å². The van der Waals surface area contributed by atoms with Crippen LogP contribution in [0.25, 0.3) is 0 Å². The Morgan fingerprint density at radius 1 is 1.33 bits per heavy atom. The summed E-state index contributed by atoms with van der Waals surface area (Å²) in [4.78, 5) is 0. The predicted molar refractivity (Wildman–Crippen MR) is 62.0 cm³/mol. The third kappa shape index (κ3) is 2.10. The molecule has 0 aliphatic heterocycles. The van der Waals surface area contributed by atoms with E-state index in [1.54, 1.807) is 0 Å². The minimum absolute atomic E-state index is 0.676. The highest BCUT2D eigenvalue weighted by atomic mass is 16.3. The van der Waals surface area contributed by atoms with Gasteiger partial charge in [-0.05, 0) is 56.2 Å². The van der Waals surface area contributed by atoms with Crippen LogP contribution < -0.4 is 5.32 Å². The lowest BCUT2D eigenvalue weighted by atomic mass is 9.74. The SMILES string of the molecule is CNC1CCC(C)C(c2cocc2C)C1. The van der Waals surface area contributed by atoms with Crippen LogP contribution in [0.3, 0.4) is 0 Å². The summed E-state index contributed by atoms with van der Waals surface area (Å²) in [5, 5.41) is 3.41. The summed E-state index contributed by atoms with van der Waals surface area (Å²) in [6.45, 7) is 4.51. The summed E-state index contributed by atoms with van der Waals surface area (Å²) < 4.78 is 5.30. The number of aryl methyl sites for hydroxylation is 1. The molecule has 1 aromatic heterocycles. The molecule has 1 aromatic rings. The van der Waals surface area contributed by atoms with Gasteiger partial charge in [0, 0.05) is 6.04 Å². The van der Waals surface area contributed by atoms with Crippen molar-refractivity contribution in [3.8, 4) is 0 Å². The standard InChI is InChI=1S/C13H21NO/c1-9-4-5-11(14-3)6-12(9)13-8-15-7-10(13)2/h7-9,11-12,14H,4-6H2,1-3H3. The van der Waals surface area contributed by atoms with Crippen molar-refractivity contribution in [2.24, 2.45) is 5.92 Å². The second kappa shape index (κ2) is 4.40. The first-order valence-electron chi connectivity index (χ1n) is 5.92. The lowest BCUT2D eigenvalue weighted by molar-refractivity contribution is 0.275. The van der Waals surface area contributed by atoms with Crippen LogP contribution in [0.2, 0.25) is 0 Å². The van der Waals surface area contributed by atoms with Crippen molar-refractivity contribution in [3.05, 3.63) is 23.7 Å². The van der Waals surface area contributed by atoms with Gasteiger partial charge < -0.3 is 9.73 Å². The highest BCUT2D eigenvalue weighted by molar-refractivity contribution is 5.25. The van der Waals surface area contributed by atoms with Crippen LogP contribution in [0, 0.1) is 12.8 Å². The van der Waals surface area contributed by atoms with E-state index in [1.165, 1.54) is 30.4 Å². The van der Waals surface area contributed by atoms with Crippen molar-refractivity contribution in [2.75, 3.05) is 7.05 Å². The average Bonchev–Trinajstić information content (AvgIpc) is 2.65. The van der Waals surface area contributed by atoms with Gasteiger partial charge in [-0.2, -0.15) is 0 Å². The molecular weight excluding hydrogens is 186 g/mol. The first kappa shape index (κ1) is 10.7. The quantitative estimate of drug-likeness (QED) is 0.806. The van der Waals surface area contributed by atoms with Gasteiger partial charge in [0.15, 0.2) is 0 Å². The predicted octanol–water partition coefficient (Wildman–Crippen LogP) is 3.08. The molecular formula is C13H21NO. The summed E-state index contributed by atoms with van der Waals surface area (Å²) in [5.41, 5.74) is 2.73. The maximum atomic E-state index is 5.30. The summed E-state index contributed by atoms with van der Waals surface area (Å²) in [7, 11) is 2.07. The Bertz CT molecular complexity index is 318. The maximum absolute atomic E-state index is 5.30. The minimum Gasteiger partial charge on any atom is -0.472 e. The van der Waals surface area contributed by atoms with Gasteiger partial charge in [-0.15, -0.1) is 0 Å². The van der Waals surface area contributed by atoms with Gasteiger partial charge >= 0.3 is 0 Å². The van der Waals surface area contributed by atoms with Gasteiger partial charge in [-0.3, -0.25) is 0 Å². The highest BCUT2D eigenvalue weighted by Crippen LogP contribution is 2.39. The molecule has 0 aromatic carbocycles. The van der Waals surface area contributed by atoms with Crippen LogP contribution >= 0.6 is 0 Å². The van der Waals surface area contributed by atoms with E-state index >= 15 is 0 Å². The monoisotopic (exact) mass is 207 g/mol. The molecule has 3 unspecified atom stereocenters. The van der Waals surface area contributed by atoms with E-state index in [9.17, 15) is 0 Å². The van der Waals surface area contributed by atoms with E-state index in [1.807, 2.05) is 12.5 Å². The van der Waals surface area contributed by atoms with Crippen LogP contribution in [0.4, 0.5) is 0 Å². The number of rotatable bonds is 2. The smallest absolute Gasteiger partial charge is 0.0940 e. The van der Waals surface area contributed by atoms with Crippen molar-refractivity contribution in [1.82, 2.24) is 5.32 Å². The molecule has 1 fully saturated rings. The van der Waals surface area contributed by atoms with E-state index < -0.39 is 0 Å². The van der Waals surface area contributed by atoms with Crippen molar-refractivity contribution < 1.29 is 4.42 Å². The Balaban J connectivity index is 2.16. The summed E-state index contributed by atoms with van der Waals surface area (Å²) in [5.74, 6) is 1.46. The average molecular weight is 207 g/mol. The fourth-order valence-electron chi connectivity index (χ4n) is 2.77. The topological polar surface area (TPSA) is 25.2 Å². The Morgan fingerprint density at radius 3 is 2.73 bits per heavy atom. The van der Waals surface area contributed by atoms with Crippen molar-refractivity contribution >= 4 is 0 Å². The van der Waals surface area contributed by atoms with E-state index in [-0.39, 0.29) is 0 Å². The summed E-state index contributed by atoms with van der Waals surface area (Å²) in [6, 6.07) is 0.681. The zero-order valence-corrected chi connectivity index (χ0v) is 9.92. The highest BCUT2D eigenvalue weighted by Gasteiger charge is 2.29. The molecule has 1 aliphatic carbocycles. The first-order chi connectivity index (χ1) is 7.22. The Labute approximate surface area is 92.1 Å². The Hall–Kier alpha value is -0.760. The molecule has 2 nitrogen and oxygen atoms in total. The summed E-state index contributed by atoms with van der Waals surface area (Å²) in [6.07, 6.45) is 7.68. The third-order valence-electron chi connectivity index (χ3n) is 3.90. The first-order valence-corrected chi connectivity index (χ1v) is 5.92. The number of nitrogens with one attached hydrogen (secondary N) is 1. The molecule has 1 N–H and O–H groups in total.